The van der Waals surface area contributed by atoms with Crippen molar-refractivity contribution in [2.75, 3.05) is 6.61 Å². The van der Waals surface area contributed by atoms with Crippen molar-refractivity contribution in [1.29, 1.82) is 0 Å². The number of fused-ring (bicyclic) bond motifs is 1. The number of halogens is 3. The molecule has 2 atom stereocenters. The predicted molar refractivity (Wildman–Crippen MR) is 121 cm³/mol. The fourth-order valence-corrected chi connectivity index (χ4v) is 6.55. The van der Waals surface area contributed by atoms with Crippen LogP contribution >= 0.6 is 11.3 Å². The van der Waals surface area contributed by atoms with Gasteiger partial charge < -0.3 is 4.74 Å². The monoisotopic (exact) mass is 495 g/mol. The Balaban J connectivity index is 1.56. The first-order valence-electron chi connectivity index (χ1n) is 10.7. The molecule has 0 saturated carbocycles. The zero-order valence-electron chi connectivity index (χ0n) is 17.8. The molecule has 0 aliphatic carbocycles. The van der Waals surface area contributed by atoms with E-state index in [2.05, 4.69) is 4.98 Å². The summed E-state index contributed by atoms with van der Waals surface area (Å²) < 4.78 is 70.3. The molecule has 3 aromatic rings. The van der Waals surface area contributed by atoms with Crippen LogP contribution in [-0.2, 0) is 15.6 Å². The van der Waals surface area contributed by atoms with Crippen LogP contribution in [0.4, 0.5) is 13.2 Å². The van der Waals surface area contributed by atoms with Crippen molar-refractivity contribution in [3.8, 4) is 5.75 Å². The highest BCUT2D eigenvalue weighted by Gasteiger charge is 2.32. The number of alkyl halides is 3. The molecule has 0 fully saturated rings. The number of thiazole rings is 1. The second-order valence-corrected chi connectivity index (χ2v) is 11.2. The van der Waals surface area contributed by atoms with Crippen LogP contribution in [0.25, 0.3) is 0 Å². The number of hydrogen-bond donors (Lipinski definition) is 0. The summed E-state index contributed by atoms with van der Waals surface area (Å²) in [6.07, 6.45) is -2.24. The van der Waals surface area contributed by atoms with E-state index in [4.69, 9.17) is 4.74 Å². The molecular formula is C24H24F3NO3S2. The molecule has 0 spiro atoms. The Kier molecular flexibility index (Phi) is 7.09. The second-order valence-electron chi connectivity index (χ2n) is 8.22. The van der Waals surface area contributed by atoms with Gasteiger partial charge in [0, 0.05) is 18.0 Å². The van der Waals surface area contributed by atoms with Crippen LogP contribution in [-0.4, -0.2) is 26.2 Å². The van der Waals surface area contributed by atoms with Crippen LogP contribution < -0.4 is 4.74 Å². The van der Waals surface area contributed by atoms with Gasteiger partial charge in [0.2, 0.25) is 0 Å². The third kappa shape index (κ3) is 6.14. The van der Waals surface area contributed by atoms with Gasteiger partial charge in [0.15, 0.2) is 9.84 Å². The van der Waals surface area contributed by atoms with Crippen molar-refractivity contribution in [3.63, 3.8) is 0 Å². The molecule has 2 heterocycles. The van der Waals surface area contributed by atoms with E-state index in [0.29, 0.717) is 30.2 Å². The number of hydrogen-bond acceptors (Lipinski definition) is 5. The zero-order chi connectivity index (χ0) is 23.5. The molecule has 1 aromatic heterocycles. The van der Waals surface area contributed by atoms with Crippen LogP contribution in [0.3, 0.4) is 0 Å². The van der Waals surface area contributed by atoms with Crippen molar-refractivity contribution in [2.45, 2.75) is 54.3 Å². The number of nitrogens with zero attached hydrogens (tertiary/aromatic N) is 1. The third-order valence-electron chi connectivity index (χ3n) is 5.92. The quantitative estimate of drug-likeness (QED) is 0.358. The summed E-state index contributed by atoms with van der Waals surface area (Å²) in [5.41, 5.74) is 1.74. The van der Waals surface area contributed by atoms with Crippen molar-refractivity contribution in [3.05, 3.63) is 76.2 Å². The summed E-state index contributed by atoms with van der Waals surface area (Å²) in [7, 11) is -3.58. The molecule has 9 heteroatoms. The molecule has 4 nitrogen and oxygen atoms in total. The molecule has 4 rings (SSSR count). The normalized spacial score (nSPS) is 17.2. The predicted octanol–water partition coefficient (Wildman–Crippen LogP) is 6.50. The van der Waals surface area contributed by atoms with Crippen LogP contribution in [0.1, 0.15) is 53.7 Å². The summed E-state index contributed by atoms with van der Waals surface area (Å²) in [5, 5.41) is 2.25. The van der Waals surface area contributed by atoms with Crippen molar-refractivity contribution in [2.24, 2.45) is 0 Å². The third-order valence-corrected chi connectivity index (χ3v) is 8.51. The minimum atomic E-state index is -4.21. The fourth-order valence-electron chi connectivity index (χ4n) is 4.28. The molecule has 33 heavy (non-hydrogen) atoms. The second kappa shape index (κ2) is 9.85. The van der Waals surface area contributed by atoms with E-state index < -0.39 is 22.4 Å². The van der Waals surface area contributed by atoms with Crippen LogP contribution in [0.15, 0.2) is 65.0 Å². The standard InChI is InChI=1S/C24H24F3NO3S2/c25-24(26,27)10-8-18(17-4-2-1-3-5-17)14-19-9-12-31-22-15-20(6-7-21(19)22)33(29,30)16-23-28-11-13-32-23/h1-7,11,13,15,18-19H,8-10,12,14,16H2/t18?,19-/m1/s1. The Morgan fingerprint density at radius 2 is 1.94 bits per heavy atom. The maximum atomic E-state index is 13.0. The molecule has 0 N–H and O–H groups in total. The Labute approximate surface area is 195 Å². The number of rotatable bonds is 8. The first-order valence-corrected chi connectivity index (χ1v) is 13.2. The lowest BCUT2D eigenvalue weighted by Gasteiger charge is -2.30. The van der Waals surface area contributed by atoms with E-state index >= 15 is 0 Å². The number of aromatic nitrogens is 1. The molecule has 0 amide bonds. The summed E-state index contributed by atoms with van der Waals surface area (Å²) in [6, 6.07) is 14.1. The molecule has 1 unspecified atom stereocenters. The molecular weight excluding hydrogens is 471 g/mol. The first kappa shape index (κ1) is 23.8. The molecule has 176 valence electrons. The lowest BCUT2D eigenvalue weighted by molar-refractivity contribution is -0.136. The Bertz CT molecular complexity index is 1160. The largest absolute Gasteiger partial charge is 0.493 e. The summed E-state index contributed by atoms with van der Waals surface area (Å²) in [5.74, 6) is 0.0505. The van der Waals surface area contributed by atoms with Gasteiger partial charge in [0.1, 0.15) is 16.5 Å². The average Bonchev–Trinajstić information content (AvgIpc) is 3.28. The van der Waals surface area contributed by atoms with Crippen LogP contribution in [0, 0.1) is 0 Å². The van der Waals surface area contributed by atoms with Gasteiger partial charge in [-0.15, -0.1) is 11.3 Å². The van der Waals surface area contributed by atoms with Gasteiger partial charge in [-0.1, -0.05) is 36.4 Å². The zero-order valence-corrected chi connectivity index (χ0v) is 19.4. The van der Waals surface area contributed by atoms with Crippen molar-refractivity contribution >= 4 is 21.2 Å². The summed E-state index contributed by atoms with van der Waals surface area (Å²) >= 11 is 1.28. The highest BCUT2D eigenvalue weighted by molar-refractivity contribution is 7.90. The molecule has 0 radical (unpaired) electrons. The van der Waals surface area contributed by atoms with Crippen LogP contribution in [0.2, 0.25) is 0 Å². The smallest absolute Gasteiger partial charge is 0.389 e. The van der Waals surface area contributed by atoms with Gasteiger partial charge in [0.05, 0.1) is 11.5 Å². The molecule has 0 bridgehead atoms. The van der Waals surface area contributed by atoms with E-state index in [0.717, 1.165) is 11.1 Å². The minimum absolute atomic E-state index is 0.0112. The first-order chi connectivity index (χ1) is 15.7. The lowest BCUT2D eigenvalue weighted by atomic mass is 9.80. The van der Waals surface area contributed by atoms with E-state index in [9.17, 15) is 21.6 Å². The molecule has 1 aliphatic rings. The van der Waals surface area contributed by atoms with Crippen molar-refractivity contribution in [1.82, 2.24) is 4.98 Å². The Morgan fingerprint density at radius 3 is 2.64 bits per heavy atom. The fraction of sp³-hybridized carbons (Fsp3) is 0.375. The van der Waals surface area contributed by atoms with E-state index in [1.54, 1.807) is 23.7 Å². The lowest BCUT2D eigenvalue weighted by Crippen LogP contribution is -2.18. The topological polar surface area (TPSA) is 56.3 Å². The number of ether oxygens (including phenoxy) is 1. The van der Waals surface area contributed by atoms with Gasteiger partial charge in [-0.05, 0) is 54.4 Å². The summed E-state index contributed by atoms with van der Waals surface area (Å²) in [4.78, 5) is 4.21. The Hall–Kier alpha value is -2.39. The van der Waals surface area contributed by atoms with Gasteiger partial charge in [-0.2, -0.15) is 13.2 Å². The highest BCUT2D eigenvalue weighted by Crippen LogP contribution is 2.43. The van der Waals surface area contributed by atoms with Crippen molar-refractivity contribution < 1.29 is 26.3 Å². The molecule has 0 saturated heterocycles. The highest BCUT2D eigenvalue weighted by atomic mass is 32.2. The van der Waals surface area contributed by atoms with Gasteiger partial charge >= 0.3 is 6.18 Å². The maximum Gasteiger partial charge on any atom is 0.389 e. The van der Waals surface area contributed by atoms with Gasteiger partial charge in [-0.3, -0.25) is 0 Å². The van der Waals surface area contributed by atoms with Gasteiger partial charge in [0.25, 0.3) is 0 Å². The molecule has 1 aliphatic heterocycles. The number of sulfone groups is 1. The van der Waals surface area contributed by atoms with Gasteiger partial charge in [-0.25, -0.2) is 13.4 Å². The summed E-state index contributed by atoms with van der Waals surface area (Å²) in [6.45, 7) is 0.397. The van der Waals surface area contributed by atoms with Crippen LogP contribution in [0.5, 0.6) is 5.75 Å². The maximum absolute atomic E-state index is 13.0. The molecule has 2 aromatic carbocycles. The minimum Gasteiger partial charge on any atom is -0.493 e. The Morgan fingerprint density at radius 1 is 1.15 bits per heavy atom. The van der Waals surface area contributed by atoms with E-state index in [-0.39, 0.29) is 28.9 Å². The average molecular weight is 496 g/mol. The number of benzene rings is 2. The SMILES string of the molecule is O=S(=O)(Cc1nccs1)c1ccc2c(c1)OCC[C@@H]2CC(CCC(F)(F)F)c1ccccc1. The van der Waals surface area contributed by atoms with E-state index in [1.165, 1.54) is 17.4 Å². The van der Waals surface area contributed by atoms with E-state index in [1.807, 2.05) is 30.3 Å².